The zero-order valence-electron chi connectivity index (χ0n) is 13.3. The Labute approximate surface area is 128 Å². The minimum atomic E-state index is 0.133. The highest BCUT2D eigenvalue weighted by Gasteiger charge is 2.07. The maximum Gasteiger partial charge on any atom is 0.192 e. The van der Waals surface area contributed by atoms with E-state index in [2.05, 4.69) is 54.5 Å². The third kappa shape index (κ3) is 6.22. The van der Waals surface area contributed by atoms with E-state index in [4.69, 9.17) is 11.2 Å². The molecule has 21 heavy (non-hydrogen) atoms. The van der Waals surface area contributed by atoms with Gasteiger partial charge in [-0.25, -0.2) is 0 Å². The van der Waals surface area contributed by atoms with Gasteiger partial charge >= 0.3 is 0 Å². The predicted octanol–water partition coefficient (Wildman–Crippen LogP) is 2.58. The Morgan fingerprint density at radius 3 is 2.48 bits per heavy atom. The topological polar surface area (TPSA) is 45.7 Å². The van der Waals surface area contributed by atoms with Crippen LogP contribution in [-0.2, 0) is 0 Å². The first-order valence-corrected chi connectivity index (χ1v) is 7.20. The monoisotopic (exact) mass is 287 g/mol. The molecule has 1 atom stereocenters. The average molecular weight is 287 g/mol. The normalized spacial score (nSPS) is 12.7. The molecule has 0 heterocycles. The van der Waals surface area contributed by atoms with E-state index in [1.54, 1.807) is 7.05 Å². The van der Waals surface area contributed by atoms with Gasteiger partial charge < -0.3 is 15.4 Å². The van der Waals surface area contributed by atoms with Crippen LogP contribution in [0.3, 0.4) is 0 Å². The molecule has 114 valence electrons. The molecule has 0 saturated heterocycles. The van der Waals surface area contributed by atoms with Crippen LogP contribution in [-0.4, -0.2) is 26.2 Å². The van der Waals surface area contributed by atoms with Crippen LogP contribution in [0.1, 0.15) is 32.4 Å². The smallest absolute Gasteiger partial charge is 0.192 e. The minimum absolute atomic E-state index is 0.133. The second kappa shape index (κ2) is 8.91. The van der Waals surface area contributed by atoms with Gasteiger partial charge in [0.05, 0.1) is 19.2 Å². The summed E-state index contributed by atoms with van der Waals surface area (Å²) < 4.78 is 5.68. The van der Waals surface area contributed by atoms with Gasteiger partial charge in [0.15, 0.2) is 5.96 Å². The van der Waals surface area contributed by atoms with Crippen molar-refractivity contribution in [2.45, 2.75) is 26.8 Å². The number of terminal acetylenes is 1. The standard InChI is InChI=1S/C17H25N3O/c1-6-11-19-17(18-5)20-14(4)15-7-9-16(10-8-15)21-12-13(2)3/h1,7-10,13-14H,11-12H2,2-5H3,(H2,18,19,20). The number of benzene rings is 1. The van der Waals surface area contributed by atoms with Crippen molar-refractivity contribution >= 4 is 5.96 Å². The Morgan fingerprint density at radius 1 is 1.29 bits per heavy atom. The quantitative estimate of drug-likeness (QED) is 0.480. The Hall–Kier alpha value is -2.15. The van der Waals surface area contributed by atoms with E-state index in [0.717, 1.165) is 17.9 Å². The minimum Gasteiger partial charge on any atom is -0.493 e. The van der Waals surface area contributed by atoms with Gasteiger partial charge in [0.1, 0.15) is 5.75 Å². The van der Waals surface area contributed by atoms with Gasteiger partial charge in [-0.1, -0.05) is 31.9 Å². The van der Waals surface area contributed by atoms with E-state index in [1.165, 1.54) is 0 Å². The number of rotatable bonds is 6. The number of hydrogen-bond donors (Lipinski definition) is 2. The third-order valence-corrected chi connectivity index (χ3v) is 2.90. The lowest BCUT2D eigenvalue weighted by Gasteiger charge is -2.18. The summed E-state index contributed by atoms with van der Waals surface area (Å²) in [5.74, 6) is 4.64. The predicted molar refractivity (Wildman–Crippen MR) is 88.5 cm³/mol. The fraction of sp³-hybridized carbons (Fsp3) is 0.471. The molecule has 0 amide bonds. The van der Waals surface area contributed by atoms with E-state index in [-0.39, 0.29) is 6.04 Å². The molecule has 1 unspecified atom stereocenters. The first kappa shape index (κ1) is 16.9. The van der Waals surface area contributed by atoms with Crippen LogP contribution in [0.4, 0.5) is 0 Å². The van der Waals surface area contributed by atoms with Gasteiger partial charge in [-0.2, -0.15) is 0 Å². The molecular weight excluding hydrogens is 262 g/mol. The molecule has 0 radical (unpaired) electrons. The van der Waals surface area contributed by atoms with Crippen LogP contribution in [0.2, 0.25) is 0 Å². The van der Waals surface area contributed by atoms with E-state index >= 15 is 0 Å². The summed E-state index contributed by atoms with van der Waals surface area (Å²) in [7, 11) is 1.72. The van der Waals surface area contributed by atoms with Gasteiger partial charge in [-0.3, -0.25) is 4.99 Å². The summed E-state index contributed by atoms with van der Waals surface area (Å²) >= 11 is 0. The van der Waals surface area contributed by atoms with Crippen molar-refractivity contribution in [3.63, 3.8) is 0 Å². The van der Waals surface area contributed by atoms with Gasteiger partial charge in [0, 0.05) is 7.05 Å². The summed E-state index contributed by atoms with van der Waals surface area (Å²) in [6, 6.07) is 8.23. The molecule has 0 aliphatic rings. The zero-order chi connectivity index (χ0) is 15.7. The van der Waals surface area contributed by atoms with Crippen LogP contribution in [0.25, 0.3) is 0 Å². The van der Waals surface area contributed by atoms with Gasteiger partial charge in [-0.05, 0) is 30.5 Å². The second-order valence-electron chi connectivity index (χ2n) is 5.27. The number of nitrogens with zero attached hydrogens (tertiary/aromatic N) is 1. The number of guanidine groups is 1. The third-order valence-electron chi connectivity index (χ3n) is 2.90. The highest BCUT2D eigenvalue weighted by atomic mass is 16.5. The largest absolute Gasteiger partial charge is 0.493 e. The van der Waals surface area contributed by atoms with E-state index < -0.39 is 0 Å². The lowest BCUT2D eigenvalue weighted by molar-refractivity contribution is 0.271. The zero-order valence-corrected chi connectivity index (χ0v) is 13.3. The van der Waals surface area contributed by atoms with E-state index in [0.29, 0.717) is 18.4 Å². The number of nitrogens with one attached hydrogen (secondary N) is 2. The van der Waals surface area contributed by atoms with Gasteiger partial charge in [0.2, 0.25) is 0 Å². The van der Waals surface area contributed by atoms with Crippen molar-refractivity contribution in [1.82, 2.24) is 10.6 Å². The van der Waals surface area contributed by atoms with Crippen molar-refractivity contribution in [3.8, 4) is 18.1 Å². The van der Waals surface area contributed by atoms with Crippen molar-refractivity contribution in [2.75, 3.05) is 20.2 Å². The molecule has 0 fully saturated rings. The lowest BCUT2D eigenvalue weighted by atomic mass is 10.1. The second-order valence-corrected chi connectivity index (χ2v) is 5.27. The van der Waals surface area contributed by atoms with Crippen LogP contribution >= 0.6 is 0 Å². The van der Waals surface area contributed by atoms with E-state index in [1.807, 2.05) is 12.1 Å². The first-order chi connectivity index (χ1) is 10.1. The van der Waals surface area contributed by atoms with Crippen molar-refractivity contribution < 1.29 is 4.74 Å². The molecule has 4 heteroatoms. The number of ether oxygens (including phenoxy) is 1. The summed E-state index contributed by atoms with van der Waals surface area (Å²) in [4.78, 5) is 4.13. The van der Waals surface area contributed by atoms with Crippen LogP contribution in [0.5, 0.6) is 5.75 Å². The van der Waals surface area contributed by atoms with Crippen LogP contribution < -0.4 is 15.4 Å². The maximum absolute atomic E-state index is 5.68. The van der Waals surface area contributed by atoms with Crippen LogP contribution in [0, 0.1) is 18.3 Å². The summed E-state index contributed by atoms with van der Waals surface area (Å²) in [5, 5.41) is 6.33. The molecule has 0 aliphatic heterocycles. The fourth-order valence-corrected chi connectivity index (χ4v) is 1.73. The van der Waals surface area contributed by atoms with Gasteiger partial charge in [-0.15, -0.1) is 6.42 Å². The molecule has 1 rings (SSSR count). The SMILES string of the molecule is C#CCNC(=NC)NC(C)c1ccc(OCC(C)C)cc1. The molecule has 2 N–H and O–H groups in total. The van der Waals surface area contributed by atoms with Crippen molar-refractivity contribution in [3.05, 3.63) is 29.8 Å². The first-order valence-electron chi connectivity index (χ1n) is 7.20. The average Bonchev–Trinajstić information content (AvgIpc) is 2.49. The Balaban J connectivity index is 2.58. The number of aliphatic imine (C=N–C) groups is 1. The lowest BCUT2D eigenvalue weighted by Crippen LogP contribution is -2.38. The van der Waals surface area contributed by atoms with Crippen molar-refractivity contribution in [2.24, 2.45) is 10.9 Å². The molecule has 0 aromatic heterocycles. The molecular formula is C17H25N3O. The van der Waals surface area contributed by atoms with Crippen molar-refractivity contribution in [1.29, 1.82) is 0 Å². The Bertz CT molecular complexity index is 486. The highest BCUT2D eigenvalue weighted by molar-refractivity contribution is 5.80. The van der Waals surface area contributed by atoms with E-state index in [9.17, 15) is 0 Å². The summed E-state index contributed by atoms with van der Waals surface area (Å²) in [6.07, 6.45) is 5.23. The molecule has 0 spiro atoms. The summed E-state index contributed by atoms with van der Waals surface area (Å²) in [6.45, 7) is 7.53. The Morgan fingerprint density at radius 2 is 1.95 bits per heavy atom. The molecule has 0 bridgehead atoms. The fourth-order valence-electron chi connectivity index (χ4n) is 1.73. The van der Waals surface area contributed by atoms with Gasteiger partial charge in [0.25, 0.3) is 0 Å². The molecule has 0 aliphatic carbocycles. The molecule has 1 aromatic rings. The van der Waals surface area contributed by atoms with Crippen LogP contribution in [0.15, 0.2) is 29.3 Å². The highest BCUT2D eigenvalue weighted by Crippen LogP contribution is 2.18. The Kier molecular flexibility index (Phi) is 7.17. The summed E-state index contributed by atoms with van der Waals surface area (Å²) in [5.41, 5.74) is 1.16. The molecule has 4 nitrogen and oxygen atoms in total. The molecule has 0 saturated carbocycles. The number of hydrogen-bond acceptors (Lipinski definition) is 2. The molecule has 1 aromatic carbocycles. The maximum atomic E-state index is 5.68.